The van der Waals surface area contributed by atoms with Gasteiger partial charge >= 0.3 is 0 Å². The Kier molecular flexibility index (Phi) is 4.67. The van der Waals surface area contributed by atoms with Gasteiger partial charge in [-0.2, -0.15) is 0 Å². The maximum atomic E-state index is 12.8. The summed E-state index contributed by atoms with van der Waals surface area (Å²) >= 11 is 6.04. The van der Waals surface area contributed by atoms with Crippen LogP contribution in [0.15, 0.2) is 42.5 Å². The van der Waals surface area contributed by atoms with E-state index < -0.39 is 0 Å². The van der Waals surface area contributed by atoms with Crippen molar-refractivity contribution in [2.75, 3.05) is 17.3 Å². The molecular formula is C19H21ClN2O2. The smallest absolute Gasteiger partial charge is 0.246 e. The molecule has 126 valence electrons. The molecule has 1 amide bonds. The lowest BCUT2D eigenvalue weighted by Crippen LogP contribution is -2.45. The van der Waals surface area contributed by atoms with E-state index in [9.17, 15) is 4.79 Å². The molecule has 0 spiro atoms. The summed E-state index contributed by atoms with van der Waals surface area (Å²) in [5.74, 6) is 0.508. The zero-order valence-electron chi connectivity index (χ0n) is 14.0. The molecule has 2 aromatic carbocycles. The van der Waals surface area contributed by atoms with E-state index in [0.717, 1.165) is 12.1 Å². The first-order valence-corrected chi connectivity index (χ1v) is 8.39. The van der Waals surface area contributed by atoms with Crippen molar-refractivity contribution in [3.8, 4) is 5.75 Å². The van der Waals surface area contributed by atoms with Crippen molar-refractivity contribution >= 4 is 28.9 Å². The first kappa shape index (κ1) is 16.7. The van der Waals surface area contributed by atoms with Gasteiger partial charge < -0.3 is 15.0 Å². The number of amides is 1. The molecule has 0 saturated carbocycles. The zero-order chi connectivity index (χ0) is 17.3. The standard InChI is InChI=1S/C19H21ClN2O2/c1-12-10-14-6-4-5-7-17(14)22(12)13(2)19(23)21-16-11-15(20)8-9-18(16)24-3/h4-9,11-13H,10H2,1-3H3,(H,21,23)/t12-,13-/m0/s1. The Labute approximate surface area is 147 Å². The van der Waals surface area contributed by atoms with Gasteiger partial charge in [0.1, 0.15) is 11.8 Å². The topological polar surface area (TPSA) is 41.6 Å². The molecule has 3 rings (SSSR count). The van der Waals surface area contributed by atoms with Crippen molar-refractivity contribution in [1.82, 2.24) is 0 Å². The number of methoxy groups -OCH3 is 1. The predicted molar refractivity (Wildman–Crippen MR) is 98.2 cm³/mol. The van der Waals surface area contributed by atoms with Crippen LogP contribution >= 0.6 is 11.6 Å². The molecule has 0 fully saturated rings. The van der Waals surface area contributed by atoms with Gasteiger partial charge in [-0.15, -0.1) is 0 Å². The number of rotatable bonds is 4. The predicted octanol–water partition coefficient (Wildman–Crippen LogP) is 4.13. The van der Waals surface area contributed by atoms with Gasteiger partial charge in [0.2, 0.25) is 5.91 Å². The monoisotopic (exact) mass is 344 g/mol. The van der Waals surface area contributed by atoms with Crippen LogP contribution in [-0.2, 0) is 11.2 Å². The van der Waals surface area contributed by atoms with Gasteiger partial charge in [-0.05, 0) is 50.1 Å². The summed E-state index contributed by atoms with van der Waals surface area (Å²) in [5.41, 5.74) is 3.00. The van der Waals surface area contributed by atoms with Gasteiger partial charge in [0.05, 0.1) is 12.8 Å². The Hall–Kier alpha value is -2.20. The highest BCUT2D eigenvalue weighted by atomic mass is 35.5. The molecule has 0 aliphatic carbocycles. The highest BCUT2D eigenvalue weighted by molar-refractivity contribution is 6.31. The Bertz CT molecular complexity index is 763. The average Bonchev–Trinajstić information content (AvgIpc) is 2.90. The van der Waals surface area contributed by atoms with Crippen LogP contribution in [0.3, 0.4) is 0 Å². The lowest BCUT2D eigenvalue weighted by atomic mass is 10.1. The minimum absolute atomic E-state index is 0.0841. The second-order valence-electron chi connectivity index (χ2n) is 6.10. The molecule has 1 heterocycles. The lowest BCUT2D eigenvalue weighted by molar-refractivity contribution is -0.117. The number of ether oxygens (including phenoxy) is 1. The van der Waals surface area contributed by atoms with Crippen LogP contribution in [0, 0.1) is 0 Å². The molecule has 1 N–H and O–H groups in total. The summed E-state index contributed by atoms with van der Waals surface area (Å²) in [7, 11) is 1.57. The molecule has 5 heteroatoms. The Morgan fingerprint density at radius 1 is 1.33 bits per heavy atom. The first-order chi connectivity index (χ1) is 11.5. The summed E-state index contributed by atoms with van der Waals surface area (Å²) in [5, 5.41) is 3.49. The van der Waals surface area contributed by atoms with E-state index in [1.807, 2.05) is 19.1 Å². The molecule has 0 saturated heterocycles. The number of nitrogens with one attached hydrogen (secondary N) is 1. The molecule has 2 atom stereocenters. The lowest BCUT2D eigenvalue weighted by Gasteiger charge is -2.31. The van der Waals surface area contributed by atoms with Crippen LogP contribution in [-0.4, -0.2) is 25.1 Å². The molecular weight excluding hydrogens is 324 g/mol. The first-order valence-electron chi connectivity index (χ1n) is 8.02. The summed E-state index contributed by atoms with van der Waals surface area (Å²) < 4.78 is 5.30. The molecule has 24 heavy (non-hydrogen) atoms. The van der Waals surface area contributed by atoms with Crippen molar-refractivity contribution in [3.63, 3.8) is 0 Å². The zero-order valence-corrected chi connectivity index (χ0v) is 14.8. The number of para-hydroxylation sites is 1. The third-order valence-electron chi connectivity index (χ3n) is 4.48. The van der Waals surface area contributed by atoms with Crippen LogP contribution in [0.5, 0.6) is 5.75 Å². The van der Waals surface area contributed by atoms with Crippen LogP contribution in [0.2, 0.25) is 5.02 Å². The largest absolute Gasteiger partial charge is 0.495 e. The summed E-state index contributed by atoms with van der Waals surface area (Å²) in [6, 6.07) is 13.4. The van der Waals surface area contributed by atoms with Crippen molar-refractivity contribution in [1.29, 1.82) is 0 Å². The molecule has 0 radical (unpaired) electrons. The normalized spacial score (nSPS) is 17.3. The number of hydrogen-bond donors (Lipinski definition) is 1. The molecule has 0 aromatic heterocycles. The third-order valence-corrected chi connectivity index (χ3v) is 4.71. The van der Waals surface area contributed by atoms with Gasteiger partial charge in [0.15, 0.2) is 0 Å². The number of carbonyl (C=O) groups excluding carboxylic acids is 1. The summed E-state index contributed by atoms with van der Waals surface area (Å²) in [4.78, 5) is 15.0. The van der Waals surface area contributed by atoms with E-state index >= 15 is 0 Å². The fourth-order valence-electron chi connectivity index (χ4n) is 3.32. The van der Waals surface area contributed by atoms with E-state index in [1.165, 1.54) is 5.56 Å². The van der Waals surface area contributed by atoms with Crippen molar-refractivity contribution in [2.45, 2.75) is 32.4 Å². The number of fused-ring (bicyclic) bond motifs is 1. The Balaban J connectivity index is 1.82. The van der Waals surface area contributed by atoms with E-state index in [4.69, 9.17) is 16.3 Å². The summed E-state index contributed by atoms with van der Waals surface area (Å²) in [6.07, 6.45) is 0.953. The van der Waals surface area contributed by atoms with Gasteiger partial charge in [0, 0.05) is 16.8 Å². The number of nitrogens with zero attached hydrogens (tertiary/aromatic N) is 1. The van der Waals surface area contributed by atoms with E-state index in [-0.39, 0.29) is 18.0 Å². The third kappa shape index (κ3) is 3.06. The minimum atomic E-state index is -0.299. The number of anilines is 2. The van der Waals surface area contributed by atoms with E-state index in [1.54, 1.807) is 25.3 Å². The molecule has 0 bridgehead atoms. The molecule has 4 nitrogen and oxygen atoms in total. The molecule has 1 aliphatic rings. The highest BCUT2D eigenvalue weighted by Crippen LogP contribution is 2.34. The summed E-state index contributed by atoms with van der Waals surface area (Å²) in [6.45, 7) is 4.06. The maximum absolute atomic E-state index is 12.8. The van der Waals surface area contributed by atoms with Crippen LogP contribution < -0.4 is 15.0 Å². The second kappa shape index (κ2) is 6.73. The SMILES string of the molecule is COc1ccc(Cl)cc1NC(=O)[C@H](C)N1c2ccccc2C[C@@H]1C. The fourth-order valence-corrected chi connectivity index (χ4v) is 3.49. The molecule has 1 aliphatic heterocycles. The van der Waals surface area contributed by atoms with Crippen molar-refractivity contribution in [2.24, 2.45) is 0 Å². The molecule has 2 aromatic rings. The number of halogens is 1. The van der Waals surface area contributed by atoms with Crippen LogP contribution in [0.25, 0.3) is 0 Å². The number of hydrogen-bond acceptors (Lipinski definition) is 3. The number of carbonyl (C=O) groups is 1. The van der Waals surface area contributed by atoms with Crippen molar-refractivity contribution in [3.05, 3.63) is 53.1 Å². The van der Waals surface area contributed by atoms with Crippen LogP contribution in [0.1, 0.15) is 19.4 Å². The van der Waals surface area contributed by atoms with Crippen molar-refractivity contribution < 1.29 is 9.53 Å². The fraction of sp³-hybridized carbons (Fsp3) is 0.316. The quantitative estimate of drug-likeness (QED) is 0.906. The second-order valence-corrected chi connectivity index (χ2v) is 6.54. The molecule has 0 unspecified atom stereocenters. The van der Waals surface area contributed by atoms with Gasteiger partial charge in [0.25, 0.3) is 0 Å². The van der Waals surface area contributed by atoms with E-state index in [0.29, 0.717) is 16.5 Å². The van der Waals surface area contributed by atoms with Gasteiger partial charge in [-0.25, -0.2) is 0 Å². The average molecular weight is 345 g/mol. The highest BCUT2D eigenvalue weighted by Gasteiger charge is 2.32. The Morgan fingerprint density at radius 3 is 2.83 bits per heavy atom. The maximum Gasteiger partial charge on any atom is 0.246 e. The van der Waals surface area contributed by atoms with Crippen LogP contribution in [0.4, 0.5) is 11.4 Å². The minimum Gasteiger partial charge on any atom is -0.495 e. The Morgan fingerprint density at radius 2 is 2.08 bits per heavy atom. The van der Waals surface area contributed by atoms with Gasteiger partial charge in [-0.1, -0.05) is 29.8 Å². The van der Waals surface area contributed by atoms with Gasteiger partial charge in [-0.3, -0.25) is 4.79 Å². The number of benzene rings is 2. The van der Waals surface area contributed by atoms with E-state index in [2.05, 4.69) is 29.3 Å².